The summed E-state index contributed by atoms with van der Waals surface area (Å²) in [6, 6.07) is 13.0. The van der Waals surface area contributed by atoms with Crippen molar-refractivity contribution in [3.63, 3.8) is 0 Å². The minimum absolute atomic E-state index is 0.0120. The van der Waals surface area contributed by atoms with Gasteiger partial charge >= 0.3 is 0 Å². The van der Waals surface area contributed by atoms with Gasteiger partial charge in [0.05, 0.1) is 18.6 Å². The maximum Gasteiger partial charge on any atom is 0.254 e. The summed E-state index contributed by atoms with van der Waals surface area (Å²) in [5, 5.41) is 0. The summed E-state index contributed by atoms with van der Waals surface area (Å²) in [7, 11) is 0. The van der Waals surface area contributed by atoms with Crippen molar-refractivity contribution < 1.29 is 4.79 Å². The van der Waals surface area contributed by atoms with Crippen molar-refractivity contribution in [1.29, 1.82) is 0 Å². The normalized spacial score (nSPS) is 12.0. The minimum atomic E-state index is -0.217. The van der Waals surface area contributed by atoms with E-state index >= 15 is 0 Å². The molecule has 5 nitrogen and oxygen atoms in total. The van der Waals surface area contributed by atoms with Gasteiger partial charge in [-0.15, -0.1) is 11.3 Å². The average Bonchev–Trinajstić information content (AvgIpc) is 3.10. The van der Waals surface area contributed by atoms with E-state index in [0.717, 1.165) is 12.0 Å². The Morgan fingerprint density at radius 3 is 2.74 bits per heavy atom. The van der Waals surface area contributed by atoms with E-state index in [0.29, 0.717) is 17.8 Å². The number of hydrogen-bond donors (Lipinski definition) is 1. The SMILES string of the molecule is CC[C@@H](C)N(Cc1ccc(C)s1)C(=O)c1cccc(-c2cc(=O)[nH]cn2)c1. The molecule has 1 atom stereocenters. The molecule has 0 saturated carbocycles. The second-order valence-corrected chi connectivity index (χ2v) is 7.95. The van der Waals surface area contributed by atoms with Gasteiger partial charge in [0.15, 0.2) is 0 Å². The average molecular weight is 382 g/mol. The maximum absolute atomic E-state index is 13.2. The zero-order valence-corrected chi connectivity index (χ0v) is 16.5. The molecule has 0 fully saturated rings. The smallest absolute Gasteiger partial charge is 0.254 e. The lowest BCUT2D eigenvalue weighted by molar-refractivity contribution is 0.0674. The lowest BCUT2D eigenvalue weighted by Gasteiger charge is -2.28. The Kier molecular flexibility index (Phi) is 5.86. The summed E-state index contributed by atoms with van der Waals surface area (Å²) >= 11 is 1.72. The fraction of sp³-hybridized carbons (Fsp3) is 0.286. The van der Waals surface area contributed by atoms with Crippen LogP contribution in [0.25, 0.3) is 11.3 Å². The Labute approximate surface area is 162 Å². The third-order valence-electron chi connectivity index (χ3n) is 4.59. The Bertz CT molecular complexity index is 993. The van der Waals surface area contributed by atoms with Gasteiger partial charge in [0.1, 0.15) is 0 Å². The van der Waals surface area contributed by atoms with Crippen LogP contribution >= 0.6 is 11.3 Å². The number of aromatic nitrogens is 2. The number of aryl methyl sites for hydroxylation is 1. The van der Waals surface area contributed by atoms with Crippen molar-refractivity contribution in [2.24, 2.45) is 0 Å². The largest absolute Gasteiger partial charge is 0.331 e. The lowest BCUT2D eigenvalue weighted by Crippen LogP contribution is -2.37. The van der Waals surface area contributed by atoms with E-state index in [1.165, 1.54) is 22.1 Å². The number of amides is 1. The topological polar surface area (TPSA) is 66.1 Å². The molecule has 2 heterocycles. The fourth-order valence-electron chi connectivity index (χ4n) is 2.89. The van der Waals surface area contributed by atoms with Gasteiger partial charge in [-0.2, -0.15) is 0 Å². The van der Waals surface area contributed by atoms with Crippen molar-refractivity contribution in [1.82, 2.24) is 14.9 Å². The van der Waals surface area contributed by atoms with Crippen LogP contribution in [0.15, 0.2) is 53.6 Å². The van der Waals surface area contributed by atoms with E-state index in [1.807, 2.05) is 23.1 Å². The number of benzene rings is 1. The molecular formula is C21H23N3O2S. The Hall–Kier alpha value is -2.73. The van der Waals surface area contributed by atoms with Crippen molar-refractivity contribution in [2.45, 2.75) is 39.8 Å². The summed E-state index contributed by atoms with van der Waals surface area (Å²) in [5.41, 5.74) is 1.69. The molecule has 0 bridgehead atoms. The first-order valence-corrected chi connectivity index (χ1v) is 9.81. The summed E-state index contributed by atoms with van der Waals surface area (Å²) in [6.07, 6.45) is 2.25. The van der Waals surface area contributed by atoms with Crippen LogP contribution in [0.5, 0.6) is 0 Å². The van der Waals surface area contributed by atoms with Crippen molar-refractivity contribution >= 4 is 17.2 Å². The third kappa shape index (κ3) is 4.52. The number of hydrogen-bond acceptors (Lipinski definition) is 4. The first kappa shape index (κ1) is 19.0. The summed E-state index contributed by atoms with van der Waals surface area (Å²) in [4.78, 5) is 35.8. The van der Waals surface area contributed by atoms with Crippen LogP contribution < -0.4 is 5.56 Å². The fourth-order valence-corrected chi connectivity index (χ4v) is 3.78. The monoisotopic (exact) mass is 381 g/mol. The summed E-state index contributed by atoms with van der Waals surface area (Å²) < 4.78 is 0. The zero-order chi connectivity index (χ0) is 19.4. The molecule has 3 rings (SSSR count). The number of thiophene rings is 1. The highest BCUT2D eigenvalue weighted by Gasteiger charge is 2.22. The second kappa shape index (κ2) is 8.31. The molecule has 1 aromatic carbocycles. The molecule has 1 N–H and O–H groups in total. The van der Waals surface area contributed by atoms with Gasteiger partial charge in [0.25, 0.3) is 11.5 Å². The molecule has 0 unspecified atom stereocenters. The maximum atomic E-state index is 13.2. The van der Waals surface area contributed by atoms with E-state index in [2.05, 4.69) is 42.9 Å². The lowest BCUT2D eigenvalue weighted by atomic mass is 10.1. The van der Waals surface area contributed by atoms with Crippen LogP contribution in [0.1, 0.15) is 40.4 Å². The molecule has 0 aliphatic rings. The van der Waals surface area contributed by atoms with Crippen LogP contribution in [0, 0.1) is 6.92 Å². The van der Waals surface area contributed by atoms with Crippen molar-refractivity contribution in [3.8, 4) is 11.3 Å². The third-order valence-corrected chi connectivity index (χ3v) is 5.57. The van der Waals surface area contributed by atoms with E-state index in [4.69, 9.17) is 0 Å². The number of rotatable bonds is 6. The number of nitrogens with zero attached hydrogens (tertiary/aromatic N) is 2. The number of aromatic amines is 1. The van der Waals surface area contributed by atoms with Crippen LogP contribution in [0.4, 0.5) is 0 Å². The molecular weight excluding hydrogens is 358 g/mol. The molecule has 2 aromatic heterocycles. The molecule has 6 heteroatoms. The van der Waals surface area contributed by atoms with E-state index in [-0.39, 0.29) is 17.5 Å². The molecule has 140 valence electrons. The number of carbonyl (C=O) groups is 1. The van der Waals surface area contributed by atoms with Gasteiger partial charge < -0.3 is 9.88 Å². The number of nitrogens with one attached hydrogen (secondary N) is 1. The molecule has 27 heavy (non-hydrogen) atoms. The Balaban J connectivity index is 1.91. The van der Waals surface area contributed by atoms with Gasteiger partial charge in [0.2, 0.25) is 0 Å². The van der Waals surface area contributed by atoms with Gasteiger partial charge in [-0.3, -0.25) is 9.59 Å². The highest BCUT2D eigenvalue weighted by atomic mass is 32.1. The quantitative estimate of drug-likeness (QED) is 0.694. The van der Waals surface area contributed by atoms with Gasteiger partial charge in [-0.25, -0.2) is 4.98 Å². The van der Waals surface area contributed by atoms with E-state index in [1.54, 1.807) is 17.4 Å². The van der Waals surface area contributed by atoms with Crippen LogP contribution in [0.3, 0.4) is 0 Å². The Morgan fingerprint density at radius 1 is 1.26 bits per heavy atom. The predicted octanol–water partition coefficient (Wildman–Crippen LogP) is 4.25. The molecule has 3 aromatic rings. The van der Waals surface area contributed by atoms with Crippen LogP contribution in [0.2, 0.25) is 0 Å². The number of carbonyl (C=O) groups excluding carboxylic acids is 1. The summed E-state index contributed by atoms with van der Waals surface area (Å²) in [5.74, 6) is -0.0120. The minimum Gasteiger partial charge on any atom is -0.331 e. The predicted molar refractivity (Wildman–Crippen MR) is 109 cm³/mol. The highest BCUT2D eigenvalue weighted by Crippen LogP contribution is 2.23. The van der Waals surface area contributed by atoms with Crippen molar-refractivity contribution in [3.05, 3.63) is 74.5 Å². The first-order valence-electron chi connectivity index (χ1n) is 8.99. The number of H-pyrrole nitrogens is 1. The molecule has 0 spiro atoms. The van der Waals surface area contributed by atoms with Gasteiger partial charge in [0, 0.05) is 33.0 Å². The van der Waals surface area contributed by atoms with Gasteiger partial charge in [-0.05, 0) is 44.5 Å². The second-order valence-electron chi connectivity index (χ2n) is 6.58. The highest BCUT2D eigenvalue weighted by molar-refractivity contribution is 7.11. The zero-order valence-electron chi connectivity index (χ0n) is 15.7. The van der Waals surface area contributed by atoms with E-state index < -0.39 is 0 Å². The van der Waals surface area contributed by atoms with Crippen molar-refractivity contribution in [2.75, 3.05) is 0 Å². The van der Waals surface area contributed by atoms with Gasteiger partial charge in [-0.1, -0.05) is 19.1 Å². The molecule has 0 saturated heterocycles. The molecule has 0 aliphatic heterocycles. The standard InChI is InChI=1S/C21H23N3O2S/c1-4-14(2)24(12-18-9-8-15(3)27-18)21(26)17-7-5-6-16(10-17)19-11-20(25)23-13-22-19/h5-11,13-14H,4,12H2,1-3H3,(H,22,23,25)/t14-/m1/s1. The molecule has 0 radical (unpaired) electrons. The Morgan fingerprint density at radius 2 is 2.07 bits per heavy atom. The van der Waals surface area contributed by atoms with E-state index in [9.17, 15) is 9.59 Å². The molecule has 0 aliphatic carbocycles. The van der Waals surface area contributed by atoms with Crippen LogP contribution in [-0.4, -0.2) is 26.8 Å². The molecule has 1 amide bonds. The first-order chi connectivity index (χ1) is 13.0. The summed E-state index contributed by atoms with van der Waals surface area (Å²) in [6.45, 7) is 6.82. The van der Waals surface area contributed by atoms with Crippen LogP contribution in [-0.2, 0) is 6.54 Å².